The second-order valence-electron chi connectivity index (χ2n) is 5.65. The maximum Gasteiger partial charge on any atom is 0.254 e. The SMILES string of the molecule is O=C(CN1CCN(C(=O)c2ccncc2)CC1)NC1CC1. The maximum atomic E-state index is 12.3. The van der Waals surface area contributed by atoms with E-state index >= 15 is 0 Å². The van der Waals surface area contributed by atoms with Gasteiger partial charge in [0, 0.05) is 50.2 Å². The third kappa shape index (κ3) is 3.78. The van der Waals surface area contributed by atoms with Crippen molar-refractivity contribution in [2.45, 2.75) is 18.9 Å². The highest BCUT2D eigenvalue weighted by atomic mass is 16.2. The van der Waals surface area contributed by atoms with E-state index in [-0.39, 0.29) is 11.8 Å². The van der Waals surface area contributed by atoms with E-state index in [0.29, 0.717) is 31.2 Å². The Kier molecular flexibility index (Phi) is 4.15. The van der Waals surface area contributed by atoms with Crippen molar-refractivity contribution in [3.63, 3.8) is 0 Å². The molecule has 0 radical (unpaired) electrons. The lowest BCUT2D eigenvalue weighted by Crippen LogP contribution is -2.51. The Morgan fingerprint density at radius 2 is 1.81 bits per heavy atom. The van der Waals surface area contributed by atoms with Gasteiger partial charge in [-0.3, -0.25) is 19.5 Å². The molecule has 0 spiro atoms. The van der Waals surface area contributed by atoms with Crippen LogP contribution in [0.15, 0.2) is 24.5 Å². The Bertz CT molecular complexity index is 508. The normalized spacial score (nSPS) is 19.3. The number of rotatable bonds is 4. The number of carbonyl (C=O) groups excluding carboxylic acids is 2. The van der Waals surface area contributed by atoms with Gasteiger partial charge in [-0.25, -0.2) is 0 Å². The van der Waals surface area contributed by atoms with Gasteiger partial charge >= 0.3 is 0 Å². The van der Waals surface area contributed by atoms with Crippen LogP contribution in [0, 0.1) is 0 Å². The van der Waals surface area contributed by atoms with Gasteiger partial charge in [0.1, 0.15) is 0 Å². The molecule has 1 aromatic heterocycles. The number of amides is 2. The predicted molar refractivity (Wildman–Crippen MR) is 77.7 cm³/mol. The molecule has 0 bridgehead atoms. The van der Waals surface area contributed by atoms with E-state index in [2.05, 4.69) is 15.2 Å². The van der Waals surface area contributed by atoms with Crippen LogP contribution in [-0.4, -0.2) is 65.4 Å². The summed E-state index contributed by atoms with van der Waals surface area (Å²) in [7, 11) is 0. The molecule has 1 saturated heterocycles. The Balaban J connectivity index is 1.46. The van der Waals surface area contributed by atoms with Gasteiger partial charge in [-0.1, -0.05) is 0 Å². The van der Waals surface area contributed by atoms with Crippen molar-refractivity contribution in [1.29, 1.82) is 0 Å². The summed E-state index contributed by atoms with van der Waals surface area (Å²) in [5, 5.41) is 2.99. The van der Waals surface area contributed by atoms with Crippen LogP contribution in [-0.2, 0) is 4.79 Å². The van der Waals surface area contributed by atoms with Crippen LogP contribution < -0.4 is 5.32 Å². The molecule has 2 heterocycles. The highest BCUT2D eigenvalue weighted by Gasteiger charge is 2.26. The van der Waals surface area contributed by atoms with Crippen LogP contribution >= 0.6 is 0 Å². The summed E-state index contributed by atoms with van der Waals surface area (Å²) in [6.07, 6.45) is 5.48. The monoisotopic (exact) mass is 288 g/mol. The van der Waals surface area contributed by atoms with Crippen LogP contribution in [0.1, 0.15) is 23.2 Å². The lowest BCUT2D eigenvalue weighted by molar-refractivity contribution is -0.122. The molecule has 0 aromatic carbocycles. The van der Waals surface area contributed by atoms with Gasteiger partial charge in [-0.2, -0.15) is 0 Å². The molecule has 21 heavy (non-hydrogen) atoms. The number of hydrogen-bond acceptors (Lipinski definition) is 4. The Morgan fingerprint density at radius 1 is 1.14 bits per heavy atom. The van der Waals surface area contributed by atoms with Gasteiger partial charge in [-0.15, -0.1) is 0 Å². The molecule has 112 valence electrons. The quantitative estimate of drug-likeness (QED) is 0.854. The predicted octanol–water partition coefficient (Wildman–Crippen LogP) is 0.118. The standard InChI is InChI=1S/C15H20N4O2/c20-14(17-13-1-2-13)11-18-7-9-19(10-8-18)15(21)12-3-5-16-6-4-12/h3-6,13H,1-2,7-11H2,(H,17,20). The highest BCUT2D eigenvalue weighted by molar-refractivity contribution is 5.94. The van der Waals surface area contributed by atoms with Crippen LogP contribution in [0.2, 0.25) is 0 Å². The third-order valence-corrected chi connectivity index (χ3v) is 3.90. The van der Waals surface area contributed by atoms with Crippen LogP contribution in [0.4, 0.5) is 0 Å². The van der Waals surface area contributed by atoms with Crippen molar-refractivity contribution in [3.05, 3.63) is 30.1 Å². The minimum absolute atomic E-state index is 0.0412. The first kappa shape index (κ1) is 14.0. The van der Waals surface area contributed by atoms with E-state index in [4.69, 9.17) is 0 Å². The molecule has 1 N–H and O–H groups in total. The van der Waals surface area contributed by atoms with Crippen molar-refractivity contribution in [1.82, 2.24) is 20.1 Å². The van der Waals surface area contributed by atoms with Crippen molar-refractivity contribution in [2.75, 3.05) is 32.7 Å². The fourth-order valence-corrected chi connectivity index (χ4v) is 2.49. The van der Waals surface area contributed by atoms with E-state index in [1.54, 1.807) is 24.5 Å². The van der Waals surface area contributed by atoms with Gasteiger partial charge in [0.25, 0.3) is 5.91 Å². The number of piperazine rings is 1. The number of nitrogens with one attached hydrogen (secondary N) is 1. The minimum atomic E-state index is 0.0412. The second kappa shape index (κ2) is 6.22. The van der Waals surface area contributed by atoms with Gasteiger partial charge < -0.3 is 10.2 Å². The van der Waals surface area contributed by atoms with Crippen molar-refractivity contribution in [2.24, 2.45) is 0 Å². The van der Waals surface area contributed by atoms with Crippen molar-refractivity contribution < 1.29 is 9.59 Å². The highest BCUT2D eigenvalue weighted by Crippen LogP contribution is 2.18. The number of aromatic nitrogens is 1. The first-order chi connectivity index (χ1) is 10.2. The Labute approximate surface area is 124 Å². The van der Waals surface area contributed by atoms with Crippen LogP contribution in [0.5, 0.6) is 0 Å². The largest absolute Gasteiger partial charge is 0.352 e. The fourth-order valence-electron chi connectivity index (χ4n) is 2.49. The van der Waals surface area contributed by atoms with Gasteiger partial charge in [-0.05, 0) is 25.0 Å². The van der Waals surface area contributed by atoms with E-state index in [1.807, 2.05) is 4.90 Å². The molecule has 2 amide bonds. The third-order valence-electron chi connectivity index (χ3n) is 3.90. The van der Waals surface area contributed by atoms with Gasteiger partial charge in [0.05, 0.1) is 6.54 Å². The molecule has 1 aliphatic heterocycles. The van der Waals surface area contributed by atoms with E-state index < -0.39 is 0 Å². The molecule has 1 aromatic rings. The number of hydrogen-bond donors (Lipinski definition) is 1. The van der Waals surface area contributed by atoms with Gasteiger partial charge in [0.2, 0.25) is 5.91 Å². The molecule has 2 fully saturated rings. The number of pyridine rings is 1. The summed E-state index contributed by atoms with van der Waals surface area (Å²) in [6.45, 7) is 3.26. The first-order valence-corrected chi connectivity index (χ1v) is 7.43. The minimum Gasteiger partial charge on any atom is -0.352 e. The van der Waals surface area contributed by atoms with E-state index in [1.165, 1.54) is 0 Å². The topological polar surface area (TPSA) is 65.5 Å². The zero-order valence-electron chi connectivity index (χ0n) is 12.0. The molecule has 2 aliphatic rings. The average Bonchev–Trinajstić information content (AvgIpc) is 3.32. The second-order valence-corrected chi connectivity index (χ2v) is 5.65. The first-order valence-electron chi connectivity index (χ1n) is 7.43. The average molecular weight is 288 g/mol. The molecule has 1 saturated carbocycles. The summed E-state index contributed by atoms with van der Waals surface area (Å²) >= 11 is 0. The van der Waals surface area contributed by atoms with Crippen LogP contribution in [0.3, 0.4) is 0 Å². The van der Waals surface area contributed by atoms with E-state index in [0.717, 1.165) is 25.9 Å². The molecule has 0 unspecified atom stereocenters. The smallest absolute Gasteiger partial charge is 0.254 e. The van der Waals surface area contributed by atoms with Gasteiger partial charge in [0.15, 0.2) is 0 Å². The molecule has 3 rings (SSSR count). The maximum absolute atomic E-state index is 12.3. The fraction of sp³-hybridized carbons (Fsp3) is 0.533. The Morgan fingerprint density at radius 3 is 2.43 bits per heavy atom. The summed E-state index contributed by atoms with van der Waals surface area (Å²) in [5.74, 6) is 0.144. The zero-order chi connectivity index (χ0) is 14.7. The molecule has 6 nitrogen and oxygen atoms in total. The zero-order valence-corrected chi connectivity index (χ0v) is 12.0. The summed E-state index contributed by atoms with van der Waals surface area (Å²) in [5.41, 5.74) is 0.671. The summed E-state index contributed by atoms with van der Waals surface area (Å²) in [4.78, 5) is 31.9. The molecule has 1 aliphatic carbocycles. The lowest BCUT2D eigenvalue weighted by Gasteiger charge is -2.34. The molecule has 6 heteroatoms. The van der Waals surface area contributed by atoms with Crippen molar-refractivity contribution >= 4 is 11.8 Å². The Hall–Kier alpha value is -1.95. The molecule has 0 atom stereocenters. The molecular formula is C15H20N4O2. The van der Waals surface area contributed by atoms with E-state index in [9.17, 15) is 9.59 Å². The summed E-state index contributed by atoms with van der Waals surface area (Å²) in [6, 6.07) is 3.88. The number of nitrogens with zero attached hydrogens (tertiary/aromatic N) is 3. The van der Waals surface area contributed by atoms with Crippen molar-refractivity contribution in [3.8, 4) is 0 Å². The molecular weight excluding hydrogens is 268 g/mol. The summed E-state index contributed by atoms with van der Waals surface area (Å²) < 4.78 is 0. The number of carbonyl (C=O) groups is 2. The lowest BCUT2D eigenvalue weighted by atomic mass is 10.2. The van der Waals surface area contributed by atoms with Crippen LogP contribution in [0.25, 0.3) is 0 Å².